The lowest BCUT2D eigenvalue weighted by molar-refractivity contribution is 0.770. The van der Waals surface area contributed by atoms with Crippen molar-refractivity contribution >= 4 is 28.4 Å². The molecular formula is C5H3IN4O. The second kappa shape index (κ2) is 2.29. The highest BCUT2D eigenvalue weighted by atomic mass is 127. The Bertz CT molecular complexity index is 445. The van der Waals surface area contributed by atoms with Gasteiger partial charge in [-0.25, -0.2) is 2.78 Å². The highest BCUT2D eigenvalue weighted by Gasteiger charge is 2.00. The van der Waals surface area contributed by atoms with Crippen LogP contribution in [0.4, 0.5) is 0 Å². The number of halogens is 1. The van der Waals surface area contributed by atoms with Crippen molar-refractivity contribution in [3.63, 3.8) is 0 Å². The quantitative estimate of drug-likeness (QED) is 0.632. The van der Waals surface area contributed by atoms with Gasteiger partial charge in [-0.2, -0.15) is 5.10 Å². The number of fused-ring (bicyclic) bond motifs is 1. The van der Waals surface area contributed by atoms with E-state index < -0.39 is 0 Å². The van der Waals surface area contributed by atoms with Crippen LogP contribution in [0.2, 0.25) is 0 Å². The molecule has 0 bridgehead atoms. The maximum atomic E-state index is 11.2. The summed E-state index contributed by atoms with van der Waals surface area (Å²) in [5.41, 5.74) is 0.389. The number of aromatic nitrogens is 4. The van der Waals surface area contributed by atoms with Gasteiger partial charge in [0, 0.05) is 0 Å². The fourth-order valence-corrected chi connectivity index (χ4v) is 1.16. The van der Waals surface area contributed by atoms with Crippen LogP contribution in [0, 0.1) is 0 Å². The Morgan fingerprint density at radius 3 is 3.09 bits per heavy atom. The van der Waals surface area contributed by atoms with Crippen LogP contribution in [-0.2, 0) is 0 Å². The molecule has 0 unspecified atom stereocenters. The minimum atomic E-state index is -0.0990. The van der Waals surface area contributed by atoms with E-state index in [1.807, 2.05) is 22.9 Å². The molecule has 2 rings (SSSR count). The SMILES string of the molecule is O=c1c2ccnn2ncn1I. The molecular weight excluding hydrogens is 259 g/mol. The lowest BCUT2D eigenvalue weighted by atomic mass is 10.5. The Morgan fingerprint density at radius 1 is 1.45 bits per heavy atom. The molecule has 0 saturated heterocycles. The van der Waals surface area contributed by atoms with Crippen molar-refractivity contribution in [3.05, 3.63) is 28.9 Å². The normalized spacial score (nSPS) is 10.6. The summed E-state index contributed by atoms with van der Waals surface area (Å²) in [4.78, 5) is 11.2. The molecule has 0 aliphatic carbocycles. The van der Waals surface area contributed by atoms with Crippen molar-refractivity contribution in [3.8, 4) is 0 Å². The molecule has 6 heteroatoms. The molecule has 0 radical (unpaired) electrons. The molecule has 0 amide bonds. The molecule has 56 valence electrons. The molecule has 0 spiro atoms. The molecule has 0 aromatic carbocycles. The van der Waals surface area contributed by atoms with Gasteiger partial charge in [0.2, 0.25) is 0 Å². The molecule has 11 heavy (non-hydrogen) atoms. The summed E-state index contributed by atoms with van der Waals surface area (Å²) in [6, 6.07) is 1.63. The minimum Gasteiger partial charge on any atom is -0.266 e. The standard InChI is InChI=1S/C5H3IN4O/c6-9-3-8-10-4(5(9)11)1-2-7-10/h1-3H. The predicted octanol–water partition coefficient (Wildman–Crippen LogP) is 0.0891. The molecule has 0 saturated carbocycles. The Kier molecular flexibility index (Phi) is 1.41. The summed E-state index contributed by atoms with van der Waals surface area (Å²) in [5.74, 6) is 0. The summed E-state index contributed by atoms with van der Waals surface area (Å²) < 4.78 is 2.69. The summed E-state index contributed by atoms with van der Waals surface area (Å²) in [6.07, 6.45) is 2.96. The largest absolute Gasteiger partial charge is 0.288 e. The van der Waals surface area contributed by atoms with Crippen LogP contribution in [0.25, 0.3) is 5.52 Å². The van der Waals surface area contributed by atoms with Gasteiger partial charge < -0.3 is 0 Å². The maximum Gasteiger partial charge on any atom is 0.288 e. The smallest absolute Gasteiger partial charge is 0.266 e. The van der Waals surface area contributed by atoms with Crippen LogP contribution in [0.1, 0.15) is 0 Å². The van der Waals surface area contributed by atoms with Gasteiger partial charge in [0.15, 0.2) is 5.52 Å². The van der Waals surface area contributed by atoms with Crippen LogP contribution in [0.3, 0.4) is 0 Å². The summed E-state index contributed by atoms with van der Waals surface area (Å²) in [7, 11) is 0. The molecule has 0 atom stereocenters. The average molecular weight is 262 g/mol. The van der Waals surface area contributed by atoms with Crippen molar-refractivity contribution in [2.45, 2.75) is 0 Å². The van der Waals surface area contributed by atoms with Crippen molar-refractivity contribution in [2.24, 2.45) is 0 Å². The third kappa shape index (κ3) is 0.934. The third-order valence-corrected chi connectivity index (χ3v) is 1.99. The van der Waals surface area contributed by atoms with Gasteiger partial charge in [0.1, 0.15) is 6.33 Å². The Morgan fingerprint density at radius 2 is 2.27 bits per heavy atom. The van der Waals surface area contributed by atoms with Gasteiger partial charge >= 0.3 is 0 Å². The van der Waals surface area contributed by atoms with Gasteiger partial charge in [-0.1, -0.05) is 0 Å². The molecule has 0 fully saturated rings. The molecule has 0 aliphatic heterocycles. The van der Waals surface area contributed by atoms with E-state index in [9.17, 15) is 4.79 Å². The van der Waals surface area contributed by atoms with Crippen LogP contribution in [0.5, 0.6) is 0 Å². The summed E-state index contributed by atoms with van der Waals surface area (Å²) >= 11 is 1.87. The fraction of sp³-hybridized carbons (Fsp3) is 0. The van der Waals surface area contributed by atoms with E-state index in [0.717, 1.165) is 0 Å². The Balaban J connectivity index is 3.05. The van der Waals surface area contributed by atoms with Crippen LogP contribution in [-0.4, -0.2) is 17.6 Å². The second-order valence-corrected chi connectivity index (χ2v) is 2.99. The molecule has 0 N–H and O–H groups in total. The van der Waals surface area contributed by atoms with E-state index in [4.69, 9.17) is 0 Å². The number of nitrogens with zero attached hydrogens (tertiary/aromatic N) is 4. The zero-order valence-corrected chi connectivity index (χ0v) is 7.46. The molecule has 2 aromatic rings. The van der Waals surface area contributed by atoms with E-state index in [1.165, 1.54) is 13.7 Å². The van der Waals surface area contributed by atoms with Gasteiger partial charge in [-0.05, 0) is 6.07 Å². The minimum absolute atomic E-state index is 0.0990. The second-order valence-electron chi connectivity index (χ2n) is 1.95. The van der Waals surface area contributed by atoms with E-state index in [0.29, 0.717) is 5.52 Å². The third-order valence-electron chi connectivity index (χ3n) is 1.30. The number of rotatable bonds is 0. The maximum absolute atomic E-state index is 11.2. The van der Waals surface area contributed by atoms with Crippen molar-refractivity contribution in [2.75, 3.05) is 0 Å². The van der Waals surface area contributed by atoms with E-state index in [1.54, 1.807) is 12.3 Å². The Labute approximate surface area is 75.1 Å². The molecule has 0 aliphatic rings. The molecule has 5 nitrogen and oxygen atoms in total. The van der Waals surface area contributed by atoms with Gasteiger partial charge in [0.05, 0.1) is 29.1 Å². The lowest BCUT2D eigenvalue weighted by Gasteiger charge is -1.92. The first kappa shape index (κ1) is 6.77. The Hall–Kier alpha value is -0.920. The average Bonchev–Trinajstić information content (AvgIpc) is 2.45. The monoisotopic (exact) mass is 262 g/mol. The van der Waals surface area contributed by atoms with E-state index in [-0.39, 0.29) is 5.56 Å². The van der Waals surface area contributed by atoms with E-state index >= 15 is 0 Å². The highest BCUT2D eigenvalue weighted by Crippen LogP contribution is 1.92. The highest BCUT2D eigenvalue weighted by molar-refractivity contribution is 14.1. The first-order valence-electron chi connectivity index (χ1n) is 2.87. The number of hydrogen-bond donors (Lipinski definition) is 0. The van der Waals surface area contributed by atoms with Gasteiger partial charge in [-0.15, -0.1) is 9.73 Å². The zero-order chi connectivity index (χ0) is 7.84. The van der Waals surface area contributed by atoms with Crippen molar-refractivity contribution in [1.82, 2.24) is 17.6 Å². The fourth-order valence-electron chi connectivity index (χ4n) is 0.801. The van der Waals surface area contributed by atoms with Gasteiger partial charge in [-0.3, -0.25) is 4.79 Å². The summed E-state index contributed by atoms with van der Waals surface area (Å²) in [5, 5.41) is 7.67. The first-order chi connectivity index (χ1) is 5.29. The first-order valence-corrected chi connectivity index (χ1v) is 3.83. The zero-order valence-electron chi connectivity index (χ0n) is 5.31. The molecule has 2 heterocycles. The van der Waals surface area contributed by atoms with Crippen LogP contribution >= 0.6 is 22.9 Å². The number of hydrogen-bond acceptors (Lipinski definition) is 3. The van der Waals surface area contributed by atoms with Crippen LogP contribution < -0.4 is 5.56 Å². The van der Waals surface area contributed by atoms with Crippen molar-refractivity contribution in [1.29, 1.82) is 0 Å². The predicted molar refractivity (Wildman–Crippen MR) is 46.7 cm³/mol. The van der Waals surface area contributed by atoms with E-state index in [2.05, 4.69) is 10.2 Å². The van der Waals surface area contributed by atoms with Crippen molar-refractivity contribution < 1.29 is 0 Å². The lowest BCUT2D eigenvalue weighted by Crippen LogP contribution is -2.16. The topological polar surface area (TPSA) is 52.2 Å². The molecule has 2 aromatic heterocycles. The van der Waals surface area contributed by atoms with Crippen LogP contribution in [0.15, 0.2) is 23.4 Å². The van der Waals surface area contributed by atoms with Gasteiger partial charge in [0.25, 0.3) is 5.56 Å². The summed E-state index contributed by atoms with van der Waals surface area (Å²) in [6.45, 7) is 0.